The molecule has 2 nitrogen and oxygen atoms in total. The maximum absolute atomic E-state index is 8.96. The van der Waals surface area contributed by atoms with E-state index in [1.807, 2.05) is 12.1 Å². The molecule has 1 N–H and O–H groups in total. The van der Waals surface area contributed by atoms with Crippen molar-refractivity contribution in [1.29, 1.82) is 0 Å². The van der Waals surface area contributed by atoms with E-state index in [0.717, 1.165) is 16.8 Å². The summed E-state index contributed by atoms with van der Waals surface area (Å²) >= 11 is 0. The molecule has 0 saturated carbocycles. The largest absolute Gasteiger partial charge is 0.396 e. The summed E-state index contributed by atoms with van der Waals surface area (Å²) in [6.07, 6.45) is 2.48. The monoisotopic (exact) mass is 241 g/mol. The summed E-state index contributed by atoms with van der Waals surface area (Å²) in [5.41, 5.74) is 4.55. The molecule has 0 fully saturated rings. The van der Waals surface area contributed by atoms with E-state index < -0.39 is 0 Å². The number of aliphatic hydroxyl groups excluding tert-OH is 1. The van der Waals surface area contributed by atoms with Crippen LogP contribution in [0.5, 0.6) is 0 Å². The first-order valence-electron chi connectivity index (χ1n) is 6.37. The van der Waals surface area contributed by atoms with E-state index in [2.05, 4.69) is 43.1 Å². The topological polar surface area (TPSA) is 33.1 Å². The van der Waals surface area contributed by atoms with Crippen molar-refractivity contribution in [2.75, 3.05) is 6.61 Å². The van der Waals surface area contributed by atoms with Crippen molar-refractivity contribution in [3.63, 3.8) is 0 Å². The highest BCUT2D eigenvalue weighted by Crippen LogP contribution is 2.21. The van der Waals surface area contributed by atoms with Crippen LogP contribution in [0.4, 0.5) is 0 Å². The minimum Gasteiger partial charge on any atom is -0.396 e. The van der Waals surface area contributed by atoms with Crippen LogP contribution in [0, 0.1) is 0 Å². The molecule has 0 bridgehead atoms. The van der Waals surface area contributed by atoms with E-state index in [1.165, 1.54) is 5.56 Å². The average molecular weight is 241 g/mol. The first-order chi connectivity index (χ1) is 8.70. The second-order valence-electron chi connectivity index (χ2n) is 4.80. The van der Waals surface area contributed by atoms with Crippen LogP contribution in [0.1, 0.15) is 30.9 Å². The lowest BCUT2D eigenvalue weighted by Crippen LogP contribution is -1.93. The number of nitrogens with zero attached hydrogens (tertiary/aromatic N) is 1. The summed E-state index contributed by atoms with van der Waals surface area (Å²) < 4.78 is 0. The van der Waals surface area contributed by atoms with E-state index in [0.29, 0.717) is 12.3 Å². The van der Waals surface area contributed by atoms with Crippen molar-refractivity contribution in [1.82, 2.24) is 4.98 Å². The quantitative estimate of drug-likeness (QED) is 0.889. The summed E-state index contributed by atoms with van der Waals surface area (Å²) in [5, 5.41) is 8.96. The SMILES string of the molecule is CC(C)c1ccc(-c2cc(CCO)ccn2)cc1. The number of aromatic nitrogens is 1. The van der Waals surface area contributed by atoms with Gasteiger partial charge >= 0.3 is 0 Å². The maximum atomic E-state index is 8.96. The van der Waals surface area contributed by atoms with Gasteiger partial charge < -0.3 is 5.11 Å². The zero-order valence-corrected chi connectivity index (χ0v) is 10.9. The summed E-state index contributed by atoms with van der Waals surface area (Å²) in [4.78, 5) is 4.38. The third-order valence-corrected chi connectivity index (χ3v) is 3.10. The molecular weight excluding hydrogens is 222 g/mol. The van der Waals surface area contributed by atoms with E-state index in [9.17, 15) is 0 Å². The van der Waals surface area contributed by atoms with Crippen LogP contribution >= 0.6 is 0 Å². The van der Waals surface area contributed by atoms with Crippen molar-refractivity contribution in [2.24, 2.45) is 0 Å². The molecule has 2 aromatic rings. The number of pyridine rings is 1. The van der Waals surface area contributed by atoms with Crippen molar-refractivity contribution in [3.05, 3.63) is 53.7 Å². The van der Waals surface area contributed by atoms with Crippen molar-refractivity contribution < 1.29 is 5.11 Å². The fourth-order valence-electron chi connectivity index (χ4n) is 1.96. The highest BCUT2D eigenvalue weighted by molar-refractivity contribution is 5.60. The molecule has 0 aliphatic carbocycles. The van der Waals surface area contributed by atoms with Crippen molar-refractivity contribution in [3.8, 4) is 11.3 Å². The fourth-order valence-corrected chi connectivity index (χ4v) is 1.96. The molecule has 0 radical (unpaired) electrons. The Morgan fingerprint density at radius 1 is 1.11 bits per heavy atom. The predicted octanol–water partition coefficient (Wildman–Crippen LogP) is 3.41. The molecule has 1 heterocycles. The minimum absolute atomic E-state index is 0.176. The lowest BCUT2D eigenvalue weighted by molar-refractivity contribution is 0.299. The standard InChI is InChI=1S/C16H19NO/c1-12(2)14-3-5-15(6-4-14)16-11-13(8-10-18)7-9-17-16/h3-7,9,11-12,18H,8,10H2,1-2H3. The van der Waals surface area contributed by atoms with Gasteiger partial charge in [0.25, 0.3) is 0 Å². The lowest BCUT2D eigenvalue weighted by atomic mass is 10.00. The Balaban J connectivity index is 2.27. The minimum atomic E-state index is 0.176. The molecule has 2 rings (SSSR count). The second-order valence-corrected chi connectivity index (χ2v) is 4.80. The Morgan fingerprint density at radius 3 is 2.44 bits per heavy atom. The van der Waals surface area contributed by atoms with Gasteiger partial charge in [0.05, 0.1) is 5.69 Å². The van der Waals surface area contributed by atoms with Crippen LogP contribution in [0.3, 0.4) is 0 Å². The van der Waals surface area contributed by atoms with Crippen LogP contribution in [0.15, 0.2) is 42.6 Å². The molecule has 1 aromatic heterocycles. The van der Waals surface area contributed by atoms with Crippen molar-refractivity contribution >= 4 is 0 Å². The van der Waals surface area contributed by atoms with Crippen LogP contribution in [0.25, 0.3) is 11.3 Å². The van der Waals surface area contributed by atoms with Gasteiger partial charge in [-0.15, -0.1) is 0 Å². The first-order valence-corrected chi connectivity index (χ1v) is 6.37. The molecule has 0 aliphatic rings. The van der Waals surface area contributed by atoms with Crippen LogP contribution in [0.2, 0.25) is 0 Å². The molecule has 0 aliphatic heterocycles. The Kier molecular flexibility index (Phi) is 4.11. The third-order valence-electron chi connectivity index (χ3n) is 3.10. The van der Waals surface area contributed by atoms with Gasteiger partial charge in [0.2, 0.25) is 0 Å². The van der Waals surface area contributed by atoms with Gasteiger partial charge in [0.15, 0.2) is 0 Å². The summed E-state index contributed by atoms with van der Waals surface area (Å²) in [6.45, 7) is 4.56. The second kappa shape index (κ2) is 5.78. The molecule has 0 saturated heterocycles. The molecule has 0 atom stereocenters. The molecule has 18 heavy (non-hydrogen) atoms. The van der Waals surface area contributed by atoms with Crippen molar-refractivity contribution in [2.45, 2.75) is 26.2 Å². The zero-order chi connectivity index (χ0) is 13.0. The average Bonchev–Trinajstić information content (AvgIpc) is 2.39. The van der Waals surface area contributed by atoms with E-state index in [-0.39, 0.29) is 6.61 Å². The maximum Gasteiger partial charge on any atom is 0.0704 e. The highest BCUT2D eigenvalue weighted by Gasteiger charge is 2.03. The summed E-state index contributed by atoms with van der Waals surface area (Å²) in [6, 6.07) is 12.5. The number of benzene rings is 1. The van der Waals surface area contributed by atoms with Gasteiger partial charge in [0, 0.05) is 18.4 Å². The smallest absolute Gasteiger partial charge is 0.0704 e. The third kappa shape index (κ3) is 2.96. The van der Waals surface area contributed by atoms with Gasteiger partial charge in [-0.1, -0.05) is 38.1 Å². The Labute approximate surface area is 108 Å². The Bertz CT molecular complexity index is 503. The molecule has 94 valence electrons. The fraction of sp³-hybridized carbons (Fsp3) is 0.312. The number of rotatable bonds is 4. The first kappa shape index (κ1) is 12.8. The number of hydrogen-bond acceptors (Lipinski definition) is 2. The Morgan fingerprint density at radius 2 is 1.83 bits per heavy atom. The van der Waals surface area contributed by atoms with Crippen LogP contribution in [-0.2, 0) is 6.42 Å². The molecular formula is C16H19NO. The molecule has 0 amide bonds. The highest BCUT2D eigenvalue weighted by atomic mass is 16.2. The van der Waals surface area contributed by atoms with Gasteiger partial charge in [-0.05, 0) is 35.6 Å². The lowest BCUT2D eigenvalue weighted by Gasteiger charge is -2.07. The van der Waals surface area contributed by atoms with E-state index in [1.54, 1.807) is 6.20 Å². The van der Waals surface area contributed by atoms with Gasteiger partial charge in [-0.25, -0.2) is 0 Å². The normalized spacial score (nSPS) is 10.9. The zero-order valence-electron chi connectivity index (χ0n) is 10.9. The molecule has 1 aromatic carbocycles. The summed E-state index contributed by atoms with van der Waals surface area (Å²) in [5.74, 6) is 0.549. The molecule has 2 heteroatoms. The predicted molar refractivity (Wildman–Crippen MR) is 74.6 cm³/mol. The van der Waals surface area contributed by atoms with E-state index >= 15 is 0 Å². The van der Waals surface area contributed by atoms with Gasteiger partial charge in [-0.2, -0.15) is 0 Å². The number of hydrogen-bond donors (Lipinski definition) is 1. The molecule has 0 unspecified atom stereocenters. The van der Waals surface area contributed by atoms with E-state index in [4.69, 9.17) is 5.11 Å². The van der Waals surface area contributed by atoms with Gasteiger partial charge in [0.1, 0.15) is 0 Å². The van der Waals surface area contributed by atoms with Crippen LogP contribution in [-0.4, -0.2) is 16.7 Å². The summed E-state index contributed by atoms with van der Waals surface area (Å²) in [7, 11) is 0. The van der Waals surface area contributed by atoms with Gasteiger partial charge in [-0.3, -0.25) is 4.98 Å². The van der Waals surface area contributed by atoms with Crippen LogP contribution < -0.4 is 0 Å². The Hall–Kier alpha value is -1.67. The number of aliphatic hydroxyl groups is 1. The molecule has 0 spiro atoms.